The number of hydrogen-bond donors (Lipinski definition) is 1. The molecule has 1 aromatic rings. The fourth-order valence-electron chi connectivity index (χ4n) is 2.23. The lowest BCUT2D eigenvalue weighted by Crippen LogP contribution is -2.23. The number of nitrogens with one attached hydrogen (secondary N) is 1. The van der Waals surface area contributed by atoms with Gasteiger partial charge in [-0.05, 0) is 19.8 Å². The summed E-state index contributed by atoms with van der Waals surface area (Å²) >= 11 is 1.03. The molecule has 1 N–H and O–H groups in total. The molecule has 0 spiro atoms. The zero-order valence-corrected chi connectivity index (χ0v) is 11.3. The van der Waals surface area contributed by atoms with Crippen LogP contribution in [0.2, 0.25) is 0 Å². The largest absolute Gasteiger partial charge is 0.434 e. The topological polar surface area (TPSA) is 45.8 Å². The molecule has 1 aliphatic carbocycles. The molecule has 0 atom stereocenters. The molecule has 0 aromatic carbocycles. The Hall–Kier alpha value is -0.980. The summed E-state index contributed by atoms with van der Waals surface area (Å²) in [5, 5.41) is 0.0838. The van der Waals surface area contributed by atoms with Crippen LogP contribution in [0.1, 0.15) is 43.6 Å². The lowest BCUT2D eigenvalue weighted by molar-refractivity contribution is -0.143. The maximum absolute atomic E-state index is 12.9. The highest BCUT2D eigenvalue weighted by Crippen LogP contribution is 2.38. The predicted molar refractivity (Wildman–Crippen MR) is 67.3 cm³/mol. The molecular weight excluding hydrogens is 277 g/mol. The van der Waals surface area contributed by atoms with Crippen molar-refractivity contribution in [2.24, 2.45) is 0 Å². The third-order valence-electron chi connectivity index (χ3n) is 3.10. The van der Waals surface area contributed by atoms with Crippen LogP contribution < -0.4 is 5.56 Å². The van der Waals surface area contributed by atoms with Gasteiger partial charge in [0, 0.05) is 5.25 Å². The number of alkyl halides is 3. The third-order valence-corrected chi connectivity index (χ3v) is 4.52. The summed E-state index contributed by atoms with van der Waals surface area (Å²) < 4.78 is 38.8. The first-order valence-electron chi connectivity index (χ1n) is 6.22. The summed E-state index contributed by atoms with van der Waals surface area (Å²) in [4.78, 5) is 17.3. The third kappa shape index (κ3) is 3.52. The van der Waals surface area contributed by atoms with Gasteiger partial charge in [0.2, 0.25) is 0 Å². The summed E-state index contributed by atoms with van der Waals surface area (Å²) in [5.74, 6) is -0.00896. The molecule has 1 aliphatic rings. The number of halogens is 3. The summed E-state index contributed by atoms with van der Waals surface area (Å²) in [6.07, 6.45) is 0.263. The smallest absolute Gasteiger partial charge is 0.310 e. The number of thioether (sulfide) groups is 1. The second-order valence-electron chi connectivity index (χ2n) is 4.70. The van der Waals surface area contributed by atoms with Gasteiger partial charge >= 0.3 is 6.18 Å². The molecule has 0 bridgehead atoms. The maximum Gasteiger partial charge on any atom is 0.434 e. The minimum Gasteiger partial charge on any atom is -0.310 e. The van der Waals surface area contributed by atoms with Crippen molar-refractivity contribution >= 4 is 11.8 Å². The van der Waals surface area contributed by atoms with E-state index in [1.165, 1.54) is 6.92 Å². The fraction of sp³-hybridized carbons (Fsp3) is 0.667. The van der Waals surface area contributed by atoms with E-state index in [0.29, 0.717) is 0 Å². The Bertz CT molecular complexity index is 507. The van der Waals surface area contributed by atoms with Crippen molar-refractivity contribution in [1.29, 1.82) is 0 Å². The van der Waals surface area contributed by atoms with E-state index in [1.807, 2.05) is 0 Å². The van der Waals surface area contributed by atoms with E-state index in [4.69, 9.17) is 0 Å². The van der Waals surface area contributed by atoms with Gasteiger partial charge in [-0.1, -0.05) is 19.3 Å². The molecule has 0 unspecified atom stereocenters. The SMILES string of the molecule is Cc1nc(C(F)(F)F)c(SC2CCCCC2)c(=O)[nH]1. The van der Waals surface area contributed by atoms with E-state index in [9.17, 15) is 18.0 Å². The fourth-order valence-corrected chi connectivity index (χ4v) is 3.56. The van der Waals surface area contributed by atoms with E-state index in [-0.39, 0.29) is 16.0 Å². The Morgan fingerprint density at radius 1 is 1.26 bits per heavy atom. The van der Waals surface area contributed by atoms with E-state index in [0.717, 1.165) is 43.9 Å². The minimum absolute atomic E-state index is 0.00896. The zero-order valence-electron chi connectivity index (χ0n) is 10.5. The molecule has 2 rings (SSSR count). The van der Waals surface area contributed by atoms with Crippen molar-refractivity contribution in [3.05, 3.63) is 21.9 Å². The number of hydrogen-bond acceptors (Lipinski definition) is 3. The Morgan fingerprint density at radius 2 is 1.89 bits per heavy atom. The average Bonchev–Trinajstić information content (AvgIpc) is 2.32. The van der Waals surface area contributed by atoms with Crippen molar-refractivity contribution in [3.63, 3.8) is 0 Å². The van der Waals surface area contributed by atoms with Crippen LogP contribution in [0.25, 0.3) is 0 Å². The van der Waals surface area contributed by atoms with Gasteiger partial charge in [-0.25, -0.2) is 4.98 Å². The molecule has 0 saturated heterocycles. The van der Waals surface area contributed by atoms with Gasteiger partial charge in [0.25, 0.3) is 5.56 Å². The molecule has 1 saturated carbocycles. The maximum atomic E-state index is 12.9. The standard InChI is InChI=1S/C12H15F3N2OS/c1-7-16-10(12(13,14)15)9(11(18)17-7)19-8-5-3-2-4-6-8/h8H,2-6H2,1H3,(H,16,17,18). The van der Waals surface area contributed by atoms with Crippen molar-refractivity contribution < 1.29 is 13.2 Å². The second-order valence-corrected chi connectivity index (χ2v) is 6.02. The first kappa shape index (κ1) is 14.4. The zero-order chi connectivity index (χ0) is 14.0. The quantitative estimate of drug-likeness (QED) is 0.907. The first-order chi connectivity index (χ1) is 8.88. The molecular formula is C12H15F3N2OS. The first-order valence-corrected chi connectivity index (χ1v) is 7.10. The Labute approximate surface area is 113 Å². The van der Waals surface area contributed by atoms with Crippen LogP contribution >= 0.6 is 11.8 Å². The Kier molecular flexibility index (Phi) is 4.23. The van der Waals surface area contributed by atoms with E-state index in [2.05, 4.69) is 9.97 Å². The second kappa shape index (κ2) is 5.56. The molecule has 3 nitrogen and oxygen atoms in total. The average molecular weight is 292 g/mol. The highest BCUT2D eigenvalue weighted by molar-refractivity contribution is 8.00. The van der Waals surface area contributed by atoms with Crippen LogP contribution in [0, 0.1) is 6.92 Å². The summed E-state index contributed by atoms with van der Waals surface area (Å²) in [7, 11) is 0. The lowest BCUT2D eigenvalue weighted by atomic mass is 10.0. The van der Waals surface area contributed by atoms with Crippen molar-refractivity contribution in [2.45, 2.75) is 55.3 Å². The van der Waals surface area contributed by atoms with Crippen LogP contribution in [0.3, 0.4) is 0 Å². The molecule has 1 heterocycles. The van der Waals surface area contributed by atoms with Gasteiger partial charge in [-0.2, -0.15) is 13.2 Å². The molecule has 1 fully saturated rings. The summed E-state index contributed by atoms with van der Waals surface area (Å²) in [6.45, 7) is 1.35. The van der Waals surface area contributed by atoms with Crippen molar-refractivity contribution in [3.8, 4) is 0 Å². The van der Waals surface area contributed by atoms with Crippen LogP contribution in [0.15, 0.2) is 9.69 Å². The summed E-state index contributed by atoms with van der Waals surface area (Å²) in [5.41, 5.74) is -1.74. The molecule has 7 heteroatoms. The highest BCUT2D eigenvalue weighted by atomic mass is 32.2. The van der Waals surface area contributed by atoms with Crippen molar-refractivity contribution in [2.75, 3.05) is 0 Å². The highest BCUT2D eigenvalue weighted by Gasteiger charge is 2.38. The number of H-pyrrole nitrogens is 1. The number of aryl methyl sites for hydroxylation is 1. The van der Waals surface area contributed by atoms with Gasteiger partial charge < -0.3 is 4.98 Å². The van der Waals surface area contributed by atoms with E-state index in [1.54, 1.807) is 0 Å². The monoisotopic (exact) mass is 292 g/mol. The van der Waals surface area contributed by atoms with Crippen LogP contribution in [0.4, 0.5) is 13.2 Å². The van der Waals surface area contributed by atoms with Crippen molar-refractivity contribution in [1.82, 2.24) is 9.97 Å². The van der Waals surface area contributed by atoms with Crippen LogP contribution in [0.5, 0.6) is 0 Å². The van der Waals surface area contributed by atoms with Crippen LogP contribution in [-0.4, -0.2) is 15.2 Å². The lowest BCUT2D eigenvalue weighted by Gasteiger charge is -2.21. The Morgan fingerprint density at radius 3 is 2.47 bits per heavy atom. The molecule has 19 heavy (non-hydrogen) atoms. The molecule has 0 aliphatic heterocycles. The molecule has 0 radical (unpaired) electrons. The molecule has 0 amide bonds. The molecule has 106 valence electrons. The minimum atomic E-state index is -4.59. The van der Waals surface area contributed by atoms with Crippen LogP contribution in [-0.2, 0) is 6.18 Å². The van der Waals surface area contributed by atoms with Gasteiger partial charge in [0.15, 0.2) is 5.69 Å². The van der Waals surface area contributed by atoms with E-state index >= 15 is 0 Å². The number of rotatable bonds is 2. The predicted octanol–water partition coefficient (Wildman–Crippen LogP) is 3.52. The molecule has 1 aromatic heterocycles. The summed E-state index contributed by atoms with van der Waals surface area (Å²) in [6, 6.07) is 0. The van der Waals surface area contributed by atoms with E-state index < -0.39 is 17.4 Å². The normalized spacial score (nSPS) is 17.7. The Balaban J connectivity index is 2.35. The van der Waals surface area contributed by atoms with Gasteiger partial charge in [0.1, 0.15) is 10.7 Å². The van der Waals surface area contributed by atoms with Gasteiger partial charge in [0.05, 0.1) is 0 Å². The number of aromatic amines is 1. The number of nitrogens with zero attached hydrogens (tertiary/aromatic N) is 1. The van der Waals surface area contributed by atoms with Gasteiger partial charge in [-0.15, -0.1) is 11.8 Å². The van der Waals surface area contributed by atoms with Gasteiger partial charge in [-0.3, -0.25) is 4.79 Å². The number of aromatic nitrogens is 2.